The highest BCUT2D eigenvalue weighted by molar-refractivity contribution is 5.94. The van der Waals surface area contributed by atoms with Crippen molar-refractivity contribution in [3.63, 3.8) is 0 Å². The summed E-state index contributed by atoms with van der Waals surface area (Å²) < 4.78 is 0. The maximum atomic E-state index is 11.6. The van der Waals surface area contributed by atoms with E-state index < -0.39 is 12.0 Å². The van der Waals surface area contributed by atoms with E-state index in [-0.39, 0.29) is 18.7 Å². The van der Waals surface area contributed by atoms with Gasteiger partial charge in [-0.05, 0) is 25.7 Å². The Bertz CT molecular complexity index is 329. The summed E-state index contributed by atoms with van der Waals surface area (Å²) in [6, 6.07) is -0.424. The van der Waals surface area contributed by atoms with Gasteiger partial charge in [0.2, 0.25) is 5.91 Å². The maximum Gasteiger partial charge on any atom is 0.323 e. The van der Waals surface area contributed by atoms with Crippen LogP contribution < -0.4 is 5.32 Å². The number of rotatable bonds is 9. The zero-order valence-electron chi connectivity index (χ0n) is 11.4. The van der Waals surface area contributed by atoms with E-state index in [1.165, 1.54) is 4.90 Å². The molecule has 3 amide bonds. The third kappa shape index (κ3) is 9.82. The van der Waals surface area contributed by atoms with Gasteiger partial charge in [0.25, 0.3) is 0 Å². The minimum Gasteiger partial charge on any atom is -0.481 e. The molecule has 0 fully saturated rings. The molecule has 0 radical (unpaired) electrons. The molecule has 108 valence electrons. The standard InChI is InChI=1S/C13H22N2O4/c1-3-4-7-10-15(2)13(19)14-11(16)8-5-6-9-12(17)18/h3H,1,4-10H2,2H3,(H,17,18)(H,14,16,19). The molecule has 0 heterocycles. The first-order valence-corrected chi connectivity index (χ1v) is 6.35. The molecule has 0 rings (SSSR count). The Labute approximate surface area is 113 Å². The lowest BCUT2D eigenvalue weighted by molar-refractivity contribution is -0.137. The zero-order chi connectivity index (χ0) is 14.7. The van der Waals surface area contributed by atoms with Gasteiger partial charge in [0, 0.05) is 26.4 Å². The first kappa shape index (κ1) is 17.2. The molecular weight excluding hydrogens is 248 g/mol. The topological polar surface area (TPSA) is 86.7 Å². The lowest BCUT2D eigenvalue weighted by Crippen LogP contribution is -2.41. The van der Waals surface area contributed by atoms with Crippen LogP contribution in [0.5, 0.6) is 0 Å². The molecule has 6 heteroatoms. The van der Waals surface area contributed by atoms with Crippen LogP contribution in [-0.4, -0.2) is 41.5 Å². The maximum absolute atomic E-state index is 11.6. The van der Waals surface area contributed by atoms with Crippen LogP contribution in [0.15, 0.2) is 12.7 Å². The average molecular weight is 270 g/mol. The molecule has 0 saturated heterocycles. The first-order chi connectivity index (χ1) is 8.97. The number of allylic oxidation sites excluding steroid dienone is 1. The summed E-state index contributed by atoms with van der Waals surface area (Å²) >= 11 is 0. The van der Waals surface area contributed by atoms with Crippen molar-refractivity contribution in [1.82, 2.24) is 10.2 Å². The van der Waals surface area contributed by atoms with Gasteiger partial charge in [0.15, 0.2) is 0 Å². The number of hydrogen-bond acceptors (Lipinski definition) is 3. The van der Waals surface area contributed by atoms with Crippen LogP contribution in [0.4, 0.5) is 4.79 Å². The number of imide groups is 1. The average Bonchev–Trinajstić information content (AvgIpc) is 2.34. The van der Waals surface area contributed by atoms with Crippen LogP contribution in [0.1, 0.15) is 38.5 Å². The minimum atomic E-state index is -0.876. The lowest BCUT2D eigenvalue weighted by atomic mass is 10.2. The van der Waals surface area contributed by atoms with Gasteiger partial charge in [-0.25, -0.2) is 4.79 Å². The quantitative estimate of drug-likeness (QED) is 0.494. The van der Waals surface area contributed by atoms with Crippen molar-refractivity contribution in [2.75, 3.05) is 13.6 Å². The Balaban J connectivity index is 3.75. The molecule has 0 aliphatic rings. The van der Waals surface area contributed by atoms with Crippen LogP contribution in [-0.2, 0) is 9.59 Å². The largest absolute Gasteiger partial charge is 0.481 e. The number of nitrogens with one attached hydrogen (secondary N) is 1. The smallest absolute Gasteiger partial charge is 0.323 e. The molecule has 2 N–H and O–H groups in total. The van der Waals surface area contributed by atoms with E-state index in [2.05, 4.69) is 11.9 Å². The zero-order valence-corrected chi connectivity index (χ0v) is 11.4. The van der Waals surface area contributed by atoms with Gasteiger partial charge in [-0.3, -0.25) is 14.9 Å². The molecule has 0 bridgehead atoms. The number of carboxylic acids is 1. The lowest BCUT2D eigenvalue weighted by Gasteiger charge is -2.16. The van der Waals surface area contributed by atoms with E-state index in [9.17, 15) is 14.4 Å². The van der Waals surface area contributed by atoms with Gasteiger partial charge in [-0.2, -0.15) is 0 Å². The number of carbonyl (C=O) groups excluding carboxylic acids is 2. The van der Waals surface area contributed by atoms with Crippen LogP contribution in [0.2, 0.25) is 0 Å². The SMILES string of the molecule is C=CCCCN(C)C(=O)NC(=O)CCCCC(=O)O. The van der Waals surface area contributed by atoms with Crippen LogP contribution in [0, 0.1) is 0 Å². The van der Waals surface area contributed by atoms with Crippen molar-refractivity contribution in [3.05, 3.63) is 12.7 Å². The number of urea groups is 1. The van der Waals surface area contributed by atoms with Crippen molar-refractivity contribution in [1.29, 1.82) is 0 Å². The summed E-state index contributed by atoms with van der Waals surface area (Å²) in [5.74, 6) is -1.25. The predicted octanol–water partition coefficient (Wildman–Crippen LogP) is 1.77. The molecule has 0 atom stereocenters. The van der Waals surface area contributed by atoms with E-state index in [0.29, 0.717) is 19.4 Å². The second-order valence-corrected chi connectivity index (χ2v) is 4.31. The second-order valence-electron chi connectivity index (χ2n) is 4.31. The van der Waals surface area contributed by atoms with Gasteiger partial charge in [0.05, 0.1) is 0 Å². The number of carbonyl (C=O) groups is 3. The fourth-order valence-corrected chi connectivity index (χ4v) is 1.41. The molecule has 0 aliphatic heterocycles. The molecular formula is C13H22N2O4. The normalized spacial score (nSPS) is 9.74. The van der Waals surface area contributed by atoms with E-state index in [1.807, 2.05) is 0 Å². The van der Waals surface area contributed by atoms with Gasteiger partial charge in [-0.15, -0.1) is 6.58 Å². The van der Waals surface area contributed by atoms with Crippen LogP contribution in [0.25, 0.3) is 0 Å². The Morgan fingerprint density at radius 3 is 2.42 bits per heavy atom. The monoisotopic (exact) mass is 270 g/mol. The molecule has 6 nitrogen and oxygen atoms in total. The van der Waals surface area contributed by atoms with Crippen LogP contribution >= 0.6 is 0 Å². The molecule has 0 aromatic heterocycles. The minimum absolute atomic E-state index is 0.0443. The number of hydrogen-bond donors (Lipinski definition) is 2. The molecule has 0 aliphatic carbocycles. The Hall–Kier alpha value is -1.85. The van der Waals surface area contributed by atoms with Gasteiger partial charge in [0.1, 0.15) is 0 Å². The highest BCUT2D eigenvalue weighted by atomic mass is 16.4. The van der Waals surface area contributed by atoms with Crippen molar-refractivity contribution in [3.8, 4) is 0 Å². The Morgan fingerprint density at radius 1 is 1.21 bits per heavy atom. The number of aliphatic carboxylic acids is 1. The van der Waals surface area contributed by atoms with E-state index in [1.54, 1.807) is 13.1 Å². The highest BCUT2D eigenvalue weighted by Crippen LogP contribution is 2.00. The number of carboxylic acid groups (broad SMARTS) is 1. The number of amides is 3. The van der Waals surface area contributed by atoms with Crippen molar-refractivity contribution in [2.45, 2.75) is 38.5 Å². The first-order valence-electron chi connectivity index (χ1n) is 6.35. The van der Waals surface area contributed by atoms with E-state index in [4.69, 9.17) is 5.11 Å². The summed E-state index contributed by atoms with van der Waals surface area (Å²) in [6.45, 7) is 4.15. The summed E-state index contributed by atoms with van der Waals surface area (Å²) in [4.78, 5) is 34.7. The summed E-state index contributed by atoms with van der Waals surface area (Å²) in [6.07, 6.45) is 4.51. The highest BCUT2D eigenvalue weighted by Gasteiger charge is 2.11. The molecule has 0 unspecified atom stereocenters. The summed E-state index contributed by atoms with van der Waals surface area (Å²) in [5, 5.41) is 10.7. The molecule has 0 aromatic carbocycles. The third-order valence-electron chi connectivity index (χ3n) is 2.54. The number of unbranched alkanes of at least 4 members (excludes halogenated alkanes) is 2. The van der Waals surface area contributed by atoms with Crippen LogP contribution in [0.3, 0.4) is 0 Å². The molecule has 19 heavy (non-hydrogen) atoms. The predicted molar refractivity (Wildman–Crippen MR) is 71.7 cm³/mol. The van der Waals surface area contributed by atoms with Crippen molar-refractivity contribution >= 4 is 17.9 Å². The third-order valence-corrected chi connectivity index (χ3v) is 2.54. The summed E-state index contributed by atoms with van der Waals surface area (Å²) in [5.41, 5.74) is 0. The fourth-order valence-electron chi connectivity index (χ4n) is 1.41. The summed E-state index contributed by atoms with van der Waals surface area (Å²) in [7, 11) is 1.62. The van der Waals surface area contributed by atoms with E-state index >= 15 is 0 Å². The fraction of sp³-hybridized carbons (Fsp3) is 0.615. The molecule has 0 aromatic rings. The van der Waals surface area contributed by atoms with E-state index in [0.717, 1.165) is 12.8 Å². The number of nitrogens with zero attached hydrogens (tertiary/aromatic N) is 1. The molecule has 0 saturated carbocycles. The second kappa shape index (κ2) is 10.1. The van der Waals surface area contributed by atoms with Gasteiger partial charge < -0.3 is 10.0 Å². The molecule has 0 spiro atoms. The van der Waals surface area contributed by atoms with Crippen molar-refractivity contribution in [2.24, 2.45) is 0 Å². The van der Waals surface area contributed by atoms with Gasteiger partial charge >= 0.3 is 12.0 Å². The van der Waals surface area contributed by atoms with Gasteiger partial charge in [-0.1, -0.05) is 6.08 Å². The Kier molecular flexibility index (Phi) is 9.12. The van der Waals surface area contributed by atoms with Crippen molar-refractivity contribution < 1.29 is 19.5 Å². The Morgan fingerprint density at radius 2 is 1.84 bits per heavy atom.